The van der Waals surface area contributed by atoms with Gasteiger partial charge in [0.05, 0.1) is 5.69 Å². The van der Waals surface area contributed by atoms with Crippen molar-refractivity contribution in [3.63, 3.8) is 0 Å². The highest BCUT2D eigenvalue weighted by molar-refractivity contribution is 5.58. The van der Waals surface area contributed by atoms with Gasteiger partial charge in [0.2, 0.25) is 0 Å². The first-order valence-electron chi connectivity index (χ1n) is 7.10. The molecule has 0 aliphatic heterocycles. The summed E-state index contributed by atoms with van der Waals surface area (Å²) >= 11 is 0. The zero-order valence-electron chi connectivity index (χ0n) is 12.4. The molecule has 0 aromatic heterocycles. The lowest BCUT2D eigenvalue weighted by molar-refractivity contribution is 0.624. The zero-order valence-corrected chi connectivity index (χ0v) is 12.4. The molecule has 0 atom stereocenters. The van der Waals surface area contributed by atoms with Crippen molar-refractivity contribution in [2.24, 2.45) is 5.92 Å². The normalized spacial score (nSPS) is 10.4. The van der Waals surface area contributed by atoms with E-state index in [2.05, 4.69) is 43.4 Å². The molecule has 0 fully saturated rings. The number of halogens is 1. The van der Waals surface area contributed by atoms with Crippen LogP contribution in [-0.4, -0.2) is 0 Å². The summed E-state index contributed by atoms with van der Waals surface area (Å²) in [5.41, 5.74) is 3.02. The SMILES string of the molecule is CC(C)Cc1ccc(CNc2cccc(F)c2C#N)cc1. The molecule has 21 heavy (non-hydrogen) atoms. The van der Waals surface area contributed by atoms with Crippen molar-refractivity contribution in [2.75, 3.05) is 5.32 Å². The van der Waals surface area contributed by atoms with E-state index in [-0.39, 0.29) is 5.56 Å². The van der Waals surface area contributed by atoms with Gasteiger partial charge in [-0.25, -0.2) is 4.39 Å². The molecule has 0 saturated carbocycles. The topological polar surface area (TPSA) is 35.8 Å². The number of hydrogen-bond acceptors (Lipinski definition) is 2. The van der Waals surface area contributed by atoms with Gasteiger partial charge in [0.1, 0.15) is 17.4 Å². The largest absolute Gasteiger partial charge is 0.380 e. The molecule has 2 aromatic rings. The summed E-state index contributed by atoms with van der Waals surface area (Å²) in [6.07, 6.45) is 1.07. The average Bonchev–Trinajstić information content (AvgIpc) is 2.46. The van der Waals surface area contributed by atoms with Crippen LogP contribution in [0, 0.1) is 23.1 Å². The summed E-state index contributed by atoms with van der Waals surface area (Å²) in [7, 11) is 0. The van der Waals surface area contributed by atoms with Gasteiger partial charge < -0.3 is 5.32 Å². The van der Waals surface area contributed by atoms with Gasteiger partial charge in [0.25, 0.3) is 0 Å². The van der Waals surface area contributed by atoms with Crippen LogP contribution in [-0.2, 0) is 13.0 Å². The van der Waals surface area contributed by atoms with Crippen LogP contribution in [0.4, 0.5) is 10.1 Å². The molecule has 0 heterocycles. The molecule has 0 bridgehead atoms. The number of hydrogen-bond donors (Lipinski definition) is 1. The highest BCUT2D eigenvalue weighted by Gasteiger charge is 2.07. The fourth-order valence-corrected chi connectivity index (χ4v) is 2.25. The van der Waals surface area contributed by atoms with Crippen molar-refractivity contribution >= 4 is 5.69 Å². The summed E-state index contributed by atoms with van der Waals surface area (Å²) in [4.78, 5) is 0. The maximum atomic E-state index is 13.5. The maximum Gasteiger partial charge on any atom is 0.143 e. The number of nitrogens with one attached hydrogen (secondary N) is 1. The molecule has 2 rings (SSSR count). The summed E-state index contributed by atoms with van der Waals surface area (Å²) in [6.45, 7) is 4.96. The van der Waals surface area contributed by atoms with E-state index in [0.29, 0.717) is 18.2 Å². The van der Waals surface area contributed by atoms with E-state index in [9.17, 15) is 4.39 Å². The van der Waals surface area contributed by atoms with Gasteiger partial charge in [-0.05, 0) is 35.6 Å². The number of benzene rings is 2. The third-order valence-electron chi connectivity index (χ3n) is 3.28. The second-order valence-electron chi connectivity index (χ2n) is 5.54. The number of anilines is 1. The number of nitrogens with zero attached hydrogens (tertiary/aromatic N) is 1. The van der Waals surface area contributed by atoms with Crippen molar-refractivity contribution < 1.29 is 4.39 Å². The minimum absolute atomic E-state index is 0.0638. The van der Waals surface area contributed by atoms with Gasteiger partial charge in [-0.3, -0.25) is 0 Å². The average molecular weight is 282 g/mol. The lowest BCUT2D eigenvalue weighted by Gasteiger charge is -2.10. The van der Waals surface area contributed by atoms with Gasteiger partial charge >= 0.3 is 0 Å². The molecule has 2 aromatic carbocycles. The van der Waals surface area contributed by atoms with Crippen molar-refractivity contribution in [3.8, 4) is 6.07 Å². The Balaban J connectivity index is 2.04. The van der Waals surface area contributed by atoms with E-state index in [0.717, 1.165) is 12.0 Å². The molecule has 0 aliphatic carbocycles. The van der Waals surface area contributed by atoms with Crippen molar-refractivity contribution in [1.29, 1.82) is 5.26 Å². The Kier molecular flexibility index (Phi) is 4.94. The molecule has 108 valence electrons. The van der Waals surface area contributed by atoms with Crippen LogP contribution in [0.3, 0.4) is 0 Å². The van der Waals surface area contributed by atoms with E-state index in [1.165, 1.54) is 11.6 Å². The number of nitriles is 1. The molecule has 2 nitrogen and oxygen atoms in total. The van der Waals surface area contributed by atoms with Crippen LogP contribution in [0.2, 0.25) is 0 Å². The monoisotopic (exact) mass is 282 g/mol. The van der Waals surface area contributed by atoms with Gasteiger partial charge in [-0.15, -0.1) is 0 Å². The van der Waals surface area contributed by atoms with Crippen molar-refractivity contribution in [3.05, 3.63) is 65.0 Å². The Hall–Kier alpha value is -2.34. The molecule has 0 radical (unpaired) electrons. The first-order valence-corrected chi connectivity index (χ1v) is 7.10. The second-order valence-corrected chi connectivity index (χ2v) is 5.54. The Morgan fingerprint density at radius 2 is 1.76 bits per heavy atom. The van der Waals surface area contributed by atoms with Crippen LogP contribution >= 0.6 is 0 Å². The summed E-state index contributed by atoms with van der Waals surface area (Å²) in [6, 6.07) is 14.9. The Morgan fingerprint density at radius 1 is 1.10 bits per heavy atom. The molecule has 3 heteroatoms. The van der Waals surface area contributed by atoms with E-state index in [1.54, 1.807) is 12.1 Å². The molecule has 0 aliphatic rings. The predicted octanol–water partition coefficient (Wildman–Crippen LogP) is 4.51. The third kappa shape index (κ3) is 4.06. The zero-order chi connectivity index (χ0) is 15.2. The molecular formula is C18H19FN2. The predicted molar refractivity (Wildman–Crippen MR) is 83.4 cm³/mol. The minimum atomic E-state index is -0.491. The Labute approximate surface area is 125 Å². The van der Waals surface area contributed by atoms with Crippen LogP contribution in [0.15, 0.2) is 42.5 Å². The van der Waals surface area contributed by atoms with E-state index >= 15 is 0 Å². The van der Waals surface area contributed by atoms with Crippen LogP contribution in [0.25, 0.3) is 0 Å². The Morgan fingerprint density at radius 3 is 2.38 bits per heavy atom. The molecular weight excluding hydrogens is 263 g/mol. The summed E-state index contributed by atoms with van der Waals surface area (Å²) < 4.78 is 13.5. The molecule has 0 saturated heterocycles. The third-order valence-corrected chi connectivity index (χ3v) is 3.28. The van der Waals surface area contributed by atoms with E-state index in [1.807, 2.05) is 6.07 Å². The van der Waals surface area contributed by atoms with Crippen molar-refractivity contribution in [1.82, 2.24) is 0 Å². The van der Waals surface area contributed by atoms with Gasteiger partial charge in [0.15, 0.2) is 0 Å². The van der Waals surface area contributed by atoms with E-state index in [4.69, 9.17) is 5.26 Å². The highest BCUT2D eigenvalue weighted by atomic mass is 19.1. The molecule has 0 amide bonds. The lowest BCUT2D eigenvalue weighted by atomic mass is 10.0. The van der Waals surface area contributed by atoms with Gasteiger partial charge in [0, 0.05) is 6.54 Å². The second kappa shape index (κ2) is 6.90. The maximum absolute atomic E-state index is 13.5. The first-order chi connectivity index (χ1) is 10.1. The quantitative estimate of drug-likeness (QED) is 0.876. The van der Waals surface area contributed by atoms with Gasteiger partial charge in [-0.1, -0.05) is 44.2 Å². The Bertz CT molecular complexity index is 639. The van der Waals surface area contributed by atoms with Crippen molar-refractivity contribution in [2.45, 2.75) is 26.8 Å². The molecule has 0 unspecified atom stereocenters. The first kappa shape index (κ1) is 15.1. The van der Waals surface area contributed by atoms with Crippen LogP contribution in [0.5, 0.6) is 0 Å². The lowest BCUT2D eigenvalue weighted by Crippen LogP contribution is -2.03. The summed E-state index contributed by atoms with van der Waals surface area (Å²) in [5, 5.41) is 12.1. The molecule has 1 N–H and O–H groups in total. The van der Waals surface area contributed by atoms with Crippen LogP contribution in [0.1, 0.15) is 30.5 Å². The number of rotatable bonds is 5. The minimum Gasteiger partial charge on any atom is -0.380 e. The van der Waals surface area contributed by atoms with Gasteiger partial charge in [-0.2, -0.15) is 5.26 Å². The van der Waals surface area contributed by atoms with E-state index < -0.39 is 5.82 Å². The fourth-order valence-electron chi connectivity index (χ4n) is 2.25. The summed E-state index contributed by atoms with van der Waals surface area (Å²) in [5.74, 6) is 0.147. The standard InChI is InChI=1S/C18H19FN2/c1-13(2)10-14-6-8-15(9-7-14)12-21-18-5-3-4-17(19)16(18)11-20/h3-9,13,21H,10,12H2,1-2H3. The highest BCUT2D eigenvalue weighted by Crippen LogP contribution is 2.19. The van der Waals surface area contributed by atoms with Crippen LogP contribution < -0.4 is 5.32 Å². The molecule has 0 spiro atoms. The fraction of sp³-hybridized carbons (Fsp3) is 0.278. The smallest absolute Gasteiger partial charge is 0.143 e.